The highest BCUT2D eigenvalue weighted by atomic mass is 19.4. The summed E-state index contributed by atoms with van der Waals surface area (Å²) in [4.78, 5) is 14.6. The standard InChI is InChI=1S/C11H11F5N2O3/c1-20-8(19)2-5-7(21-11(14,15)16)4-18-6(3-17)9(5)10(12)13/h4,10H,2-3,17H2,1H3. The van der Waals surface area contributed by atoms with E-state index in [1.165, 1.54) is 0 Å². The molecule has 0 radical (unpaired) electrons. The van der Waals surface area contributed by atoms with Gasteiger partial charge < -0.3 is 15.2 Å². The number of aromatic nitrogens is 1. The Labute approximate surface area is 115 Å². The number of rotatable bonds is 5. The summed E-state index contributed by atoms with van der Waals surface area (Å²) in [5.41, 5.74) is 3.40. The molecule has 5 nitrogen and oxygen atoms in total. The Bertz CT molecular complexity index is 519. The highest BCUT2D eigenvalue weighted by Gasteiger charge is 2.34. The summed E-state index contributed by atoms with van der Waals surface area (Å²) in [7, 11) is 0.972. The first-order valence-electron chi connectivity index (χ1n) is 5.51. The van der Waals surface area contributed by atoms with E-state index in [1.807, 2.05) is 0 Å². The molecule has 1 rings (SSSR count). The number of hydrogen-bond acceptors (Lipinski definition) is 5. The number of carbonyl (C=O) groups excluding carboxylic acids is 1. The lowest BCUT2D eigenvalue weighted by Crippen LogP contribution is -2.21. The van der Waals surface area contributed by atoms with Crippen LogP contribution in [0.15, 0.2) is 6.20 Å². The predicted octanol–water partition coefficient (Wildman–Crippen LogP) is 2.09. The van der Waals surface area contributed by atoms with Gasteiger partial charge in [0.1, 0.15) is 0 Å². The Kier molecular flexibility index (Phi) is 5.41. The molecule has 118 valence electrons. The normalized spacial score (nSPS) is 11.6. The summed E-state index contributed by atoms with van der Waals surface area (Å²) in [5.74, 6) is -1.99. The molecule has 0 fully saturated rings. The first-order chi connectivity index (χ1) is 9.69. The fourth-order valence-electron chi connectivity index (χ4n) is 1.62. The molecule has 0 unspecified atom stereocenters. The fraction of sp³-hybridized carbons (Fsp3) is 0.455. The zero-order valence-electron chi connectivity index (χ0n) is 10.7. The summed E-state index contributed by atoms with van der Waals surface area (Å²) in [6.45, 7) is -0.430. The molecule has 1 aromatic rings. The first-order valence-corrected chi connectivity index (χ1v) is 5.51. The summed E-state index contributed by atoms with van der Waals surface area (Å²) in [5, 5.41) is 0. The molecule has 21 heavy (non-hydrogen) atoms. The second kappa shape index (κ2) is 6.66. The number of nitrogens with two attached hydrogens (primary N) is 1. The van der Waals surface area contributed by atoms with Crippen LogP contribution in [0.2, 0.25) is 0 Å². The van der Waals surface area contributed by atoms with Crippen LogP contribution in [0.5, 0.6) is 5.75 Å². The van der Waals surface area contributed by atoms with E-state index in [9.17, 15) is 26.7 Å². The van der Waals surface area contributed by atoms with Crippen molar-refractivity contribution in [2.24, 2.45) is 5.73 Å². The zero-order chi connectivity index (χ0) is 16.2. The maximum atomic E-state index is 13.1. The molecule has 0 aliphatic carbocycles. The molecule has 0 bridgehead atoms. The van der Waals surface area contributed by atoms with Crippen molar-refractivity contribution in [1.82, 2.24) is 4.98 Å². The summed E-state index contributed by atoms with van der Waals surface area (Å²) < 4.78 is 70.8. The SMILES string of the molecule is COC(=O)Cc1c(OC(F)(F)F)cnc(CN)c1C(F)F. The summed E-state index contributed by atoms with van der Waals surface area (Å²) >= 11 is 0. The lowest BCUT2D eigenvalue weighted by atomic mass is 10.0. The van der Waals surface area contributed by atoms with Crippen LogP contribution in [0, 0.1) is 0 Å². The number of carbonyl (C=O) groups is 1. The average Bonchev–Trinajstić information content (AvgIpc) is 2.38. The topological polar surface area (TPSA) is 74.4 Å². The van der Waals surface area contributed by atoms with Gasteiger partial charge >= 0.3 is 12.3 Å². The van der Waals surface area contributed by atoms with Gasteiger partial charge in [0, 0.05) is 17.7 Å². The van der Waals surface area contributed by atoms with Crippen LogP contribution in [-0.4, -0.2) is 24.4 Å². The number of methoxy groups -OCH3 is 1. The van der Waals surface area contributed by atoms with Crippen LogP contribution in [0.1, 0.15) is 23.2 Å². The van der Waals surface area contributed by atoms with E-state index in [2.05, 4.69) is 14.5 Å². The van der Waals surface area contributed by atoms with Crippen molar-refractivity contribution in [2.45, 2.75) is 25.8 Å². The van der Waals surface area contributed by atoms with Crippen molar-refractivity contribution >= 4 is 5.97 Å². The van der Waals surface area contributed by atoms with Crippen LogP contribution in [0.3, 0.4) is 0 Å². The minimum absolute atomic E-state index is 0.321. The second-order valence-corrected chi connectivity index (χ2v) is 3.77. The molecule has 2 N–H and O–H groups in total. The average molecular weight is 314 g/mol. The second-order valence-electron chi connectivity index (χ2n) is 3.77. The number of pyridine rings is 1. The Hall–Kier alpha value is -1.97. The maximum Gasteiger partial charge on any atom is 0.573 e. The zero-order valence-corrected chi connectivity index (χ0v) is 10.7. The van der Waals surface area contributed by atoms with Gasteiger partial charge in [-0.05, 0) is 0 Å². The fourth-order valence-corrected chi connectivity index (χ4v) is 1.62. The summed E-state index contributed by atoms with van der Waals surface area (Å²) in [6, 6.07) is 0. The quantitative estimate of drug-likeness (QED) is 0.665. The van der Waals surface area contributed by atoms with Crippen molar-refractivity contribution in [3.05, 3.63) is 23.0 Å². The van der Waals surface area contributed by atoms with Crippen LogP contribution < -0.4 is 10.5 Å². The van der Waals surface area contributed by atoms with Crippen molar-refractivity contribution in [2.75, 3.05) is 7.11 Å². The van der Waals surface area contributed by atoms with E-state index >= 15 is 0 Å². The third-order valence-corrected chi connectivity index (χ3v) is 2.46. The van der Waals surface area contributed by atoms with Gasteiger partial charge in [0.15, 0.2) is 5.75 Å². The van der Waals surface area contributed by atoms with Crippen LogP contribution >= 0.6 is 0 Å². The highest BCUT2D eigenvalue weighted by Crippen LogP contribution is 2.34. The molecule has 1 aromatic heterocycles. The molecule has 0 aliphatic heterocycles. The van der Waals surface area contributed by atoms with E-state index < -0.39 is 48.6 Å². The van der Waals surface area contributed by atoms with Crippen molar-refractivity contribution < 1.29 is 36.2 Å². The van der Waals surface area contributed by atoms with Crippen LogP contribution in [0.4, 0.5) is 22.0 Å². The molecule has 0 spiro atoms. The van der Waals surface area contributed by atoms with Gasteiger partial charge in [-0.25, -0.2) is 8.78 Å². The molecule has 0 aliphatic rings. The monoisotopic (exact) mass is 314 g/mol. The maximum absolute atomic E-state index is 13.1. The number of ether oxygens (including phenoxy) is 2. The van der Waals surface area contributed by atoms with Gasteiger partial charge in [-0.3, -0.25) is 9.78 Å². The van der Waals surface area contributed by atoms with Crippen LogP contribution in [-0.2, 0) is 22.5 Å². The summed E-state index contributed by atoms with van der Waals surface area (Å²) in [6.07, 6.45) is -8.51. The predicted molar refractivity (Wildman–Crippen MR) is 59.5 cm³/mol. The van der Waals surface area contributed by atoms with Crippen LogP contribution in [0.25, 0.3) is 0 Å². The van der Waals surface area contributed by atoms with Gasteiger partial charge in [-0.2, -0.15) is 0 Å². The Morgan fingerprint density at radius 1 is 1.43 bits per heavy atom. The third kappa shape index (κ3) is 4.52. The van der Waals surface area contributed by atoms with Gasteiger partial charge in [0.05, 0.1) is 25.4 Å². The number of nitrogens with zero attached hydrogens (tertiary/aromatic N) is 1. The van der Waals surface area contributed by atoms with Crippen molar-refractivity contribution in [3.63, 3.8) is 0 Å². The molecule has 0 saturated carbocycles. The molecule has 1 heterocycles. The lowest BCUT2D eigenvalue weighted by Gasteiger charge is -2.17. The van der Waals surface area contributed by atoms with Gasteiger partial charge in [-0.1, -0.05) is 0 Å². The van der Waals surface area contributed by atoms with Gasteiger partial charge in [0.25, 0.3) is 6.43 Å². The molecule has 10 heteroatoms. The molecular formula is C11H11F5N2O3. The van der Waals surface area contributed by atoms with Gasteiger partial charge in [0.2, 0.25) is 0 Å². The number of halogens is 5. The van der Waals surface area contributed by atoms with E-state index in [-0.39, 0.29) is 5.69 Å². The molecule has 0 aromatic carbocycles. The molecule has 0 saturated heterocycles. The highest BCUT2D eigenvalue weighted by molar-refractivity contribution is 5.74. The smallest absolute Gasteiger partial charge is 0.469 e. The third-order valence-electron chi connectivity index (χ3n) is 2.46. The van der Waals surface area contributed by atoms with E-state index in [0.29, 0.717) is 6.20 Å². The Balaban J connectivity index is 3.42. The van der Waals surface area contributed by atoms with Gasteiger partial charge in [-0.15, -0.1) is 13.2 Å². The van der Waals surface area contributed by atoms with Crippen molar-refractivity contribution in [1.29, 1.82) is 0 Å². The number of alkyl halides is 5. The first kappa shape index (κ1) is 17.1. The number of hydrogen-bond donors (Lipinski definition) is 1. The lowest BCUT2D eigenvalue weighted by molar-refractivity contribution is -0.275. The van der Waals surface area contributed by atoms with E-state index in [1.54, 1.807) is 0 Å². The minimum Gasteiger partial charge on any atom is -0.469 e. The number of esters is 1. The Morgan fingerprint density at radius 3 is 2.48 bits per heavy atom. The van der Waals surface area contributed by atoms with E-state index in [4.69, 9.17) is 5.73 Å². The van der Waals surface area contributed by atoms with Crippen molar-refractivity contribution in [3.8, 4) is 5.75 Å². The minimum atomic E-state index is -5.11. The molecule has 0 atom stereocenters. The van der Waals surface area contributed by atoms with E-state index in [0.717, 1.165) is 7.11 Å². The Morgan fingerprint density at radius 2 is 2.05 bits per heavy atom. The molecule has 0 amide bonds. The largest absolute Gasteiger partial charge is 0.573 e. The molecular weight excluding hydrogens is 303 g/mol.